The van der Waals surface area contributed by atoms with Gasteiger partial charge in [-0.3, -0.25) is 4.79 Å². The summed E-state index contributed by atoms with van der Waals surface area (Å²) in [6.45, 7) is 5.81. The van der Waals surface area contributed by atoms with Crippen molar-refractivity contribution in [2.24, 2.45) is 0 Å². The lowest BCUT2D eigenvalue weighted by atomic mass is 10.1. The molecule has 1 aromatic carbocycles. The highest BCUT2D eigenvalue weighted by Gasteiger charge is 2.01. The maximum atomic E-state index is 11.4. The maximum Gasteiger partial charge on any atom is 0.224 e. The number of carbonyl (C=O) groups excluding carboxylic acids is 1. The summed E-state index contributed by atoms with van der Waals surface area (Å²) in [7, 11) is 0. The van der Waals surface area contributed by atoms with E-state index < -0.39 is 0 Å². The molecule has 1 amide bonds. The van der Waals surface area contributed by atoms with Crippen LogP contribution in [0.25, 0.3) is 0 Å². The molecular weight excluding hydrogens is 186 g/mol. The third kappa shape index (κ3) is 4.15. The van der Waals surface area contributed by atoms with Crippen LogP contribution in [0.4, 0.5) is 5.69 Å². The van der Waals surface area contributed by atoms with Gasteiger partial charge in [0, 0.05) is 12.1 Å². The molecule has 0 saturated heterocycles. The van der Waals surface area contributed by atoms with Crippen molar-refractivity contribution in [3.8, 4) is 0 Å². The minimum Gasteiger partial charge on any atom is -0.326 e. The van der Waals surface area contributed by atoms with Crippen molar-refractivity contribution < 1.29 is 4.79 Å². The number of carbonyl (C=O) groups is 1. The van der Waals surface area contributed by atoms with Gasteiger partial charge in [-0.1, -0.05) is 32.4 Å². The quantitative estimate of drug-likeness (QED) is 0.784. The molecule has 1 N–H and O–H groups in total. The fraction of sp³-hybridized carbons (Fsp3) is 0.385. The second-order valence-electron chi connectivity index (χ2n) is 3.56. The molecule has 1 rings (SSSR count). The Morgan fingerprint density at radius 2 is 2.27 bits per heavy atom. The monoisotopic (exact) mass is 204 g/mol. The van der Waals surface area contributed by atoms with E-state index in [4.69, 9.17) is 0 Å². The number of nitrogens with one attached hydrogen (secondary N) is 1. The first-order chi connectivity index (χ1) is 7.26. The third-order valence-corrected chi connectivity index (χ3v) is 2.27. The predicted octanol–water partition coefficient (Wildman–Crippen LogP) is 3.19. The van der Waals surface area contributed by atoms with E-state index in [2.05, 4.69) is 25.2 Å². The lowest BCUT2D eigenvalue weighted by Gasteiger charge is -2.05. The molecule has 2 nitrogen and oxygen atoms in total. The number of amides is 1. The molecule has 0 heterocycles. The fourth-order valence-electron chi connectivity index (χ4n) is 1.38. The molecule has 0 bridgehead atoms. The fourth-order valence-corrected chi connectivity index (χ4v) is 1.38. The van der Waals surface area contributed by atoms with Crippen LogP contribution in [0.2, 0.25) is 0 Å². The zero-order valence-corrected chi connectivity index (χ0v) is 9.25. The van der Waals surface area contributed by atoms with Crippen molar-refractivity contribution in [1.82, 2.24) is 0 Å². The summed E-state index contributed by atoms with van der Waals surface area (Å²) in [5.74, 6) is 0.0758. The Kier molecular flexibility index (Phi) is 4.88. The van der Waals surface area contributed by atoms with Crippen LogP contribution in [0.3, 0.4) is 0 Å². The van der Waals surface area contributed by atoms with E-state index in [1.165, 1.54) is 5.56 Å². The number of rotatable bonds is 5. The highest BCUT2D eigenvalue weighted by molar-refractivity contribution is 5.90. The van der Waals surface area contributed by atoms with Gasteiger partial charge in [0.25, 0.3) is 0 Å². The van der Waals surface area contributed by atoms with Gasteiger partial charge in [0.15, 0.2) is 0 Å². The zero-order chi connectivity index (χ0) is 11.1. The van der Waals surface area contributed by atoms with Crippen molar-refractivity contribution in [1.29, 1.82) is 0 Å². The highest BCUT2D eigenvalue weighted by Crippen LogP contribution is 2.11. The van der Waals surface area contributed by atoms with Gasteiger partial charge in [-0.2, -0.15) is 0 Å². The molecule has 0 saturated carbocycles. The van der Waals surface area contributed by atoms with Crippen molar-refractivity contribution >= 4 is 11.6 Å². The Balaban J connectivity index is 2.52. The molecule has 81 valence electrons. The topological polar surface area (TPSA) is 29.1 Å². The number of hydrogen-bond donors (Lipinski definition) is 1. The van der Waals surface area contributed by atoms with Crippen molar-refractivity contribution in [2.75, 3.05) is 5.32 Å². The van der Waals surface area contributed by atoms with Crippen molar-refractivity contribution in [3.63, 3.8) is 0 Å². The number of hydrogen-bond acceptors (Lipinski definition) is 1. The summed E-state index contributed by atoms with van der Waals surface area (Å²) < 4.78 is 0. The van der Waals surface area contributed by atoms with Crippen LogP contribution in [0, 0.1) is 6.92 Å². The Bertz CT molecular complexity index is 320. The van der Waals surface area contributed by atoms with Gasteiger partial charge < -0.3 is 5.32 Å². The van der Waals surface area contributed by atoms with E-state index >= 15 is 0 Å². The van der Waals surface area contributed by atoms with Gasteiger partial charge in [-0.15, -0.1) is 0 Å². The van der Waals surface area contributed by atoms with Crippen LogP contribution >= 0.6 is 0 Å². The van der Waals surface area contributed by atoms with Crippen molar-refractivity contribution in [2.45, 2.75) is 32.6 Å². The largest absolute Gasteiger partial charge is 0.326 e. The lowest BCUT2D eigenvalue weighted by Crippen LogP contribution is -2.10. The van der Waals surface area contributed by atoms with Crippen LogP contribution < -0.4 is 5.32 Å². The van der Waals surface area contributed by atoms with Gasteiger partial charge in [0.2, 0.25) is 5.91 Å². The van der Waals surface area contributed by atoms with Crippen LogP contribution in [0.5, 0.6) is 0 Å². The summed E-state index contributed by atoms with van der Waals surface area (Å²) in [5, 5.41) is 2.88. The summed E-state index contributed by atoms with van der Waals surface area (Å²) >= 11 is 0. The molecule has 15 heavy (non-hydrogen) atoms. The third-order valence-electron chi connectivity index (χ3n) is 2.27. The van der Waals surface area contributed by atoms with Gasteiger partial charge in [0.05, 0.1) is 0 Å². The number of aryl methyl sites for hydroxylation is 1. The Morgan fingerprint density at radius 1 is 1.47 bits per heavy atom. The minimum atomic E-state index is 0.0758. The highest BCUT2D eigenvalue weighted by atomic mass is 16.1. The molecule has 0 aliphatic carbocycles. The molecule has 0 unspecified atom stereocenters. The van der Waals surface area contributed by atoms with Gasteiger partial charge in [-0.05, 0) is 30.5 Å². The molecule has 2 heteroatoms. The minimum absolute atomic E-state index is 0.0758. The Morgan fingerprint density at radius 3 is 2.93 bits per heavy atom. The molecule has 0 aliphatic heterocycles. The van der Waals surface area contributed by atoms with Gasteiger partial charge in [-0.25, -0.2) is 0 Å². The molecule has 1 radical (unpaired) electrons. The maximum absolute atomic E-state index is 11.4. The summed E-state index contributed by atoms with van der Waals surface area (Å²) in [6, 6.07) is 7.96. The van der Waals surface area contributed by atoms with E-state index in [0.29, 0.717) is 6.42 Å². The first-order valence-electron chi connectivity index (χ1n) is 5.44. The summed E-state index contributed by atoms with van der Waals surface area (Å²) in [6.07, 6.45) is 3.20. The normalized spacial score (nSPS) is 10.0. The van der Waals surface area contributed by atoms with Gasteiger partial charge >= 0.3 is 0 Å². The average Bonchev–Trinajstić information content (AvgIpc) is 2.26. The first kappa shape index (κ1) is 11.8. The van der Waals surface area contributed by atoms with E-state index in [9.17, 15) is 4.79 Å². The molecule has 0 atom stereocenters. The van der Waals surface area contributed by atoms with Crippen LogP contribution in [-0.4, -0.2) is 5.91 Å². The number of unbranched alkanes of at least 4 members (excludes halogenated alkanes) is 1. The first-order valence-corrected chi connectivity index (χ1v) is 5.44. The summed E-state index contributed by atoms with van der Waals surface area (Å²) in [5.41, 5.74) is 2.13. The number of anilines is 1. The second kappa shape index (κ2) is 6.23. The SMILES string of the molecule is [CH2]CCCC(=O)Nc1cccc(CC)c1. The van der Waals surface area contributed by atoms with Crippen molar-refractivity contribution in [3.05, 3.63) is 36.8 Å². The zero-order valence-electron chi connectivity index (χ0n) is 9.25. The van der Waals surface area contributed by atoms with Gasteiger partial charge in [0.1, 0.15) is 0 Å². The molecule has 0 aromatic heterocycles. The van der Waals surface area contributed by atoms with E-state index in [0.717, 1.165) is 24.9 Å². The van der Waals surface area contributed by atoms with Crippen LogP contribution in [0.15, 0.2) is 24.3 Å². The Labute approximate surface area is 91.7 Å². The second-order valence-corrected chi connectivity index (χ2v) is 3.56. The Hall–Kier alpha value is -1.31. The molecule has 0 fully saturated rings. The molecular formula is C13H18NO. The van der Waals surface area contributed by atoms with E-state index in [1.807, 2.05) is 18.2 Å². The van der Waals surface area contributed by atoms with Crippen LogP contribution in [0.1, 0.15) is 31.7 Å². The lowest BCUT2D eigenvalue weighted by molar-refractivity contribution is -0.116. The number of benzene rings is 1. The molecule has 0 spiro atoms. The smallest absolute Gasteiger partial charge is 0.224 e. The van der Waals surface area contributed by atoms with E-state index in [1.54, 1.807) is 0 Å². The predicted molar refractivity (Wildman–Crippen MR) is 63.7 cm³/mol. The van der Waals surface area contributed by atoms with E-state index in [-0.39, 0.29) is 5.91 Å². The molecule has 1 aromatic rings. The molecule has 0 aliphatic rings. The standard InChI is InChI=1S/C13H18NO/c1-3-5-9-13(15)14-12-8-6-7-11(4-2)10-12/h6-8,10H,1,3-5,9H2,2H3,(H,14,15). The van der Waals surface area contributed by atoms with Crippen LogP contribution in [-0.2, 0) is 11.2 Å². The average molecular weight is 204 g/mol. The summed E-state index contributed by atoms with van der Waals surface area (Å²) in [4.78, 5) is 11.4.